The zero-order valence-electron chi connectivity index (χ0n) is 9.91. The first-order valence-corrected chi connectivity index (χ1v) is 5.68. The minimum absolute atomic E-state index is 0.00660. The number of hydrogen-bond donors (Lipinski definition) is 2. The molecule has 0 radical (unpaired) electrons. The van der Waals surface area contributed by atoms with Gasteiger partial charge in [-0.3, -0.25) is 14.9 Å². The number of amides is 1. The Morgan fingerprint density at radius 1 is 1.45 bits per heavy atom. The first-order valence-electron chi connectivity index (χ1n) is 5.31. The number of pyridine rings is 2. The molecule has 8 nitrogen and oxygen atoms in total. The first kappa shape index (κ1) is 13.7. The summed E-state index contributed by atoms with van der Waals surface area (Å²) in [5, 5.41) is 13.5. The van der Waals surface area contributed by atoms with Gasteiger partial charge in [-0.2, -0.15) is 0 Å². The molecule has 0 bridgehead atoms. The number of nitrogens with two attached hydrogens (primary N) is 1. The maximum absolute atomic E-state index is 12.0. The fourth-order valence-electron chi connectivity index (χ4n) is 1.44. The second-order valence-corrected chi connectivity index (χ2v) is 4.08. The summed E-state index contributed by atoms with van der Waals surface area (Å²) in [7, 11) is 0. The Bertz CT molecular complexity index is 692. The van der Waals surface area contributed by atoms with Gasteiger partial charge < -0.3 is 11.1 Å². The summed E-state index contributed by atoms with van der Waals surface area (Å²) in [6.07, 6.45) is 2.35. The molecule has 0 aliphatic rings. The molecule has 2 heterocycles. The van der Waals surface area contributed by atoms with Gasteiger partial charge in [0.25, 0.3) is 11.6 Å². The molecule has 9 heteroatoms. The van der Waals surface area contributed by atoms with E-state index in [4.69, 9.17) is 17.3 Å². The highest BCUT2D eigenvalue weighted by atomic mass is 35.5. The molecule has 20 heavy (non-hydrogen) atoms. The van der Waals surface area contributed by atoms with Gasteiger partial charge in [-0.15, -0.1) is 0 Å². The maximum atomic E-state index is 12.0. The van der Waals surface area contributed by atoms with Crippen molar-refractivity contribution < 1.29 is 9.72 Å². The van der Waals surface area contributed by atoms with Crippen LogP contribution in [-0.4, -0.2) is 20.8 Å². The van der Waals surface area contributed by atoms with Crippen LogP contribution in [0.4, 0.5) is 17.3 Å². The van der Waals surface area contributed by atoms with E-state index in [1.807, 2.05) is 0 Å². The van der Waals surface area contributed by atoms with Crippen molar-refractivity contribution in [3.05, 3.63) is 51.3 Å². The van der Waals surface area contributed by atoms with E-state index in [1.165, 1.54) is 12.3 Å². The lowest BCUT2D eigenvalue weighted by Crippen LogP contribution is -2.16. The zero-order valence-corrected chi connectivity index (χ0v) is 10.7. The molecule has 0 aliphatic carbocycles. The fourth-order valence-corrected chi connectivity index (χ4v) is 1.61. The average Bonchev–Trinajstić information content (AvgIpc) is 2.40. The van der Waals surface area contributed by atoms with E-state index >= 15 is 0 Å². The first-order chi connectivity index (χ1) is 9.49. The highest BCUT2D eigenvalue weighted by Crippen LogP contribution is 2.22. The van der Waals surface area contributed by atoms with Gasteiger partial charge in [0.15, 0.2) is 5.82 Å². The van der Waals surface area contributed by atoms with Crippen molar-refractivity contribution in [2.24, 2.45) is 0 Å². The number of hydrogen-bond acceptors (Lipinski definition) is 6. The normalized spacial score (nSPS) is 10.1. The molecule has 3 N–H and O–H groups in total. The molecule has 1 amide bonds. The highest BCUT2D eigenvalue weighted by Gasteiger charge is 2.22. The number of nitrogens with one attached hydrogen (secondary N) is 1. The standard InChI is InChI=1S/C11H8ClN5O3/c12-7-2-1-3-14-10(7)16-11(18)6-4-9(13)15-5-8(6)17(19)20/h1-5H,(H2,13,15)(H,14,16,18). The lowest BCUT2D eigenvalue weighted by Gasteiger charge is -2.06. The van der Waals surface area contributed by atoms with Gasteiger partial charge in [-0.05, 0) is 18.2 Å². The van der Waals surface area contributed by atoms with Crippen molar-refractivity contribution in [1.82, 2.24) is 9.97 Å². The second-order valence-electron chi connectivity index (χ2n) is 3.67. The minimum atomic E-state index is -0.744. The van der Waals surface area contributed by atoms with Gasteiger partial charge in [0.2, 0.25) is 0 Å². The predicted molar refractivity (Wildman–Crippen MR) is 72.5 cm³/mol. The van der Waals surface area contributed by atoms with Crippen molar-refractivity contribution in [2.75, 3.05) is 11.1 Å². The number of rotatable bonds is 3. The summed E-state index contributed by atoms with van der Waals surface area (Å²) in [5.74, 6) is -0.650. The van der Waals surface area contributed by atoms with Gasteiger partial charge in [-0.25, -0.2) is 9.97 Å². The van der Waals surface area contributed by atoms with Crippen molar-refractivity contribution in [3.8, 4) is 0 Å². The van der Waals surface area contributed by atoms with Crippen LogP contribution >= 0.6 is 11.6 Å². The van der Waals surface area contributed by atoms with E-state index in [2.05, 4.69) is 15.3 Å². The lowest BCUT2D eigenvalue weighted by molar-refractivity contribution is -0.385. The number of carbonyl (C=O) groups is 1. The molecular formula is C11H8ClN5O3. The maximum Gasteiger partial charge on any atom is 0.300 e. The quantitative estimate of drug-likeness (QED) is 0.657. The van der Waals surface area contributed by atoms with Crippen LogP contribution in [0.2, 0.25) is 5.02 Å². The van der Waals surface area contributed by atoms with Gasteiger partial charge in [0.05, 0.1) is 9.95 Å². The van der Waals surface area contributed by atoms with Crippen molar-refractivity contribution in [3.63, 3.8) is 0 Å². The van der Waals surface area contributed by atoms with Crippen molar-refractivity contribution in [1.29, 1.82) is 0 Å². The fraction of sp³-hybridized carbons (Fsp3) is 0. The molecule has 0 saturated carbocycles. The molecule has 0 atom stereocenters. The SMILES string of the molecule is Nc1cc(C(=O)Nc2ncccc2Cl)c([N+](=O)[O-])cn1. The highest BCUT2D eigenvalue weighted by molar-refractivity contribution is 6.33. The number of aromatic nitrogens is 2. The van der Waals surface area contributed by atoms with E-state index in [-0.39, 0.29) is 22.2 Å². The van der Waals surface area contributed by atoms with Gasteiger partial charge in [0.1, 0.15) is 17.6 Å². The van der Waals surface area contributed by atoms with E-state index in [0.717, 1.165) is 12.3 Å². The van der Waals surface area contributed by atoms with Crippen LogP contribution in [-0.2, 0) is 0 Å². The molecular weight excluding hydrogens is 286 g/mol. The molecule has 0 fully saturated rings. The van der Waals surface area contributed by atoms with Crippen LogP contribution in [0.3, 0.4) is 0 Å². The van der Waals surface area contributed by atoms with E-state index < -0.39 is 16.5 Å². The number of nitro groups is 1. The monoisotopic (exact) mass is 293 g/mol. The number of carbonyl (C=O) groups excluding carboxylic acids is 1. The van der Waals surface area contributed by atoms with Crippen LogP contribution in [0.5, 0.6) is 0 Å². The van der Waals surface area contributed by atoms with Crippen LogP contribution in [0.25, 0.3) is 0 Å². The lowest BCUT2D eigenvalue weighted by atomic mass is 10.2. The molecule has 0 saturated heterocycles. The Morgan fingerprint density at radius 2 is 2.20 bits per heavy atom. The van der Waals surface area contributed by atoms with Gasteiger partial charge in [0, 0.05) is 6.20 Å². The van der Waals surface area contributed by atoms with Crippen molar-refractivity contribution >= 4 is 34.8 Å². The number of nitrogen functional groups attached to an aromatic ring is 1. The minimum Gasteiger partial charge on any atom is -0.384 e. The molecule has 2 aromatic heterocycles. The molecule has 0 spiro atoms. The third-order valence-electron chi connectivity index (χ3n) is 2.34. The third-order valence-corrected chi connectivity index (χ3v) is 2.64. The Balaban J connectivity index is 2.37. The van der Waals surface area contributed by atoms with E-state index in [0.29, 0.717) is 0 Å². The number of anilines is 2. The summed E-state index contributed by atoms with van der Waals surface area (Å²) >= 11 is 5.84. The largest absolute Gasteiger partial charge is 0.384 e. The van der Waals surface area contributed by atoms with Crippen LogP contribution in [0.1, 0.15) is 10.4 Å². The smallest absolute Gasteiger partial charge is 0.300 e. The number of nitrogens with zero attached hydrogens (tertiary/aromatic N) is 3. The molecule has 2 rings (SSSR count). The molecule has 0 aromatic carbocycles. The molecule has 0 aliphatic heterocycles. The summed E-state index contributed by atoms with van der Waals surface area (Å²) < 4.78 is 0. The molecule has 0 unspecified atom stereocenters. The van der Waals surface area contributed by atoms with Crippen LogP contribution in [0, 0.1) is 10.1 Å². The van der Waals surface area contributed by atoms with E-state index in [1.54, 1.807) is 6.07 Å². The van der Waals surface area contributed by atoms with Gasteiger partial charge in [-0.1, -0.05) is 11.6 Å². The Labute approximate surface area is 117 Å². The Morgan fingerprint density at radius 3 is 2.85 bits per heavy atom. The summed E-state index contributed by atoms with van der Waals surface area (Å²) in [6.45, 7) is 0. The predicted octanol–water partition coefficient (Wildman–Crippen LogP) is 1.87. The molecule has 2 aromatic rings. The van der Waals surface area contributed by atoms with Crippen molar-refractivity contribution in [2.45, 2.75) is 0 Å². The average molecular weight is 294 g/mol. The Hall–Kier alpha value is -2.74. The topological polar surface area (TPSA) is 124 Å². The molecule has 102 valence electrons. The Kier molecular flexibility index (Phi) is 3.76. The van der Waals surface area contributed by atoms with Crippen LogP contribution < -0.4 is 11.1 Å². The summed E-state index contributed by atoms with van der Waals surface area (Å²) in [5.41, 5.74) is 4.76. The zero-order chi connectivity index (χ0) is 14.7. The van der Waals surface area contributed by atoms with Gasteiger partial charge >= 0.3 is 0 Å². The summed E-state index contributed by atoms with van der Waals surface area (Å²) in [4.78, 5) is 29.6. The second kappa shape index (κ2) is 5.49. The van der Waals surface area contributed by atoms with E-state index in [9.17, 15) is 14.9 Å². The third kappa shape index (κ3) is 2.81. The van der Waals surface area contributed by atoms with Crippen LogP contribution in [0.15, 0.2) is 30.6 Å². The number of halogens is 1. The summed E-state index contributed by atoms with van der Waals surface area (Å²) in [6, 6.07) is 4.23.